The summed E-state index contributed by atoms with van der Waals surface area (Å²) in [4.78, 5) is 15.2. The number of nitrogens with zero attached hydrogens (tertiary/aromatic N) is 3. The number of nitrogens with two attached hydrogens (primary N) is 1. The first-order valence-corrected chi connectivity index (χ1v) is 15.1. The van der Waals surface area contributed by atoms with Crippen LogP contribution in [-0.2, 0) is 22.9 Å². The van der Waals surface area contributed by atoms with Gasteiger partial charge in [0.05, 0.1) is 17.5 Å². The minimum absolute atomic E-state index is 0. The third-order valence-electron chi connectivity index (χ3n) is 6.87. The molecule has 4 aromatic rings. The lowest BCUT2D eigenvalue weighted by Gasteiger charge is -2.11. The number of thiazole rings is 1. The number of carboxylic acid groups (broad SMARTS) is 1. The quantitative estimate of drug-likeness (QED) is 0.250. The summed E-state index contributed by atoms with van der Waals surface area (Å²) in [6.45, 7) is 0. The van der Waals surface area contributed by atoms with Crippen molar-refractivity contribution >= 4 is 27.3 Å². The average Bonchev–Trinajstić information content (AvgIpc) is 3.80. The van der Waals surface area contributed by atoms with E-state index in [0.717, 1.165) is 54.8 Å². The molecule has 2 aromatic carbocycles. The first-order chi connectivity index (χ1) is 19.1. The molecule has 0 spiro atoms. The highest BCUT2D eigenvalue weighted by Gasteiger charge is 2.30. The van der Waals surface area contributed by atoms with E-state index in [0.29, 0.717) is 39.9 Å². The van der Waals surface area contributed by atoms with Crippen molar-refractivity contribution in [3.8, 4) is 22.1 Å². The lowest BCUT2D eigenvalue weighted by Crippen LogP contribution is -2.14. The van der Waals surface area contributed by atoms with Gasteiger partial charge in [0, 0.05) is 22.9 Å². The van der Waals surface area contributed by atoms with Gasteiger partial charge in [-0.25, -0.2) is 36.8 Å². The molecule has 0 aliphatic heterocycles. The molecule has 0 bridgehead atoms. The van der Waals surface area contributed by atoms with E-state index in [9.17, 15) is 27.1 Å². The third kappa shape index (κ3) is 6.16. The van der Waals surface area contributed by atoms with Crippen LogP contribution in [0.25, 0.3) is 16.4 Å². The number of hydrogen-bond acceptors (Lipinski definition) is 7. The van der Waals surface area contributed by atoms with Crippen LogP contribution >= 0.6 is 11.3 Å². The van der Waals surface area contributed by atoms with Gasteiger partial charge in [0.2, 0.25) is 15.2 Å². The number of benzene rings is 2. The van der Waals surface area contributed by atoms with Crippen LogP contribution < -0.4 is 9.88 Å². The van der Waals surface area contributed by atoms with Crippen molar-refractivity contribution in [2.45, 2.75) is 57.0 Å². The molecule has 2 aromatic heterocycles. The van der Waals surface area contributed by atoms with E-state index in [4.69, 9.17) is 15.0 Å². The van der Waals surface area contributed by atoms with Gasteiger partial charge < -0.3 is 9.84 Å². The molecule has 0 saturated heterocycles. The maximum absolute atomic E-state index is 14.8. The minimum Gasteiger partial charge on any atom is -0.487 e. The van der Waals surface area contributed by atoms with E-state index in [-0.39, 0.29) is 31.4 Å². The molecule has 2 heterocycles. The van der Waals surface area contributed by atoms with E-state index in [1.165, 1.54) is 17.5 Å². The van der Waals surface area contributed by atoms with Gasteiger partial charge in [0.1, 0.15) is 10.7 Å². The molecule has 2 aliphatic carbocycles. The van der Waals surface area contributed by atoms with Crippen molar-refractivity contribution in [2.75, 3.05) is 0 Å². The Hall–Kier alpha value is -3.68. The average molecular weight is 603 g/mol. The van der Waals surface area contributed by atoms with Crippen LogP contribution in [0.5, 0.6) is 5.75 Å². The van der Waals surface area contributed by atoms with Gasteiger partial charge in [-0.2, -0.15) is 5.10 Å². The first kappa shape index (κ1) is 28.8. The number of hydrogen-bond donors (Lipinski definition) is 2. The third-order valence-corrected chi connectivity index (χ3v) is 8.63. The van der Waals surface area contributed by atoms with Crippen molar-refractivity contribution in [1.29, 1.82) is 0 Å². The Morgan fingerprint density at radius 1 is 1.12 bits per heavy atom. The van der Waals surface area contributed by atoms with Crippen molar-refractivity contribution in [2.24, 2.45) is 11.1 Å². The molecule has 2 fully saturated rings. The van der Waals surface area contributed by atoms with Crippen molar-refractivity contribution in [3.05, 3.63) is 75.9 Å². The van der Waals surface area contributed by atoms with Crippen LogP contribution in [0.1, 0.15) is 60.4 Å². The van der Waals surface area contributed by atoms with Gasteiger partial charge in [-0.1, -0.05) is 13.5 Å². The van der Waals surface area contributed by atoms with E-state index >= 15 is 0 Å². The number of sulfonamides is 1. The van der Waals surface area contributed by atoms with Gasteiger partial charge in [-0.3, -0.25) is 0 Å². The molecule has 41 heavy (non-hydrogen) atoms. The number of carbonyl (C=O) groups is 1. The summed E-state index contributed by atoms with van der Waals surface area (Å²) in [5.41, 5.74) is 2.90. The largest absolute Gasteiger partial charge is 0.487 e. The van der Waals surface area contributed by atoms with Gasteiger partial charge in [0.15, 0.2) is 17.3 Å². The highest BCUT2D eigenvalue weighted by atomic mass is 32.2. The molecule has 0 atom stereocenters. The zero-order valence-electron chi connectivity index (χ0n) is 21.0. The number of primary sulfonamides is 1. The first-order valence-electron chi connectivity index (χ1n) is 12.6. The topological polar surface area (TPSA) is 137 Å². The SMILES string of the molecule is C.NS(=O)(=O)c1ccc(Cc2c(-c3ccc(F)c(OC4CC4)c3)nn(-c3nc(C(=O)O)cs3)c2CC2CC2)cc1F. The molecular formula is C28H28F2N4O5S2. The highest BCUT2D eigenvalue weighted by Crippen LogP contribution is 2.39. The Labute approximate surface area is 239 Å². The normalized spacial score (nSPS) is 15.0. The smallest absolute Gasteiger partial charge is 0.355 e. The molecule has 0 radical (unpaired) electrons. The van der Waals surface area contributed by atoms with E-state index in [1.807, 2.05) is 0 Å². The highest BCUT2D eigenvalue weighted by molar-refractivity contribution is 7.89. The molecule has 13 heteroatoms. The molecule has 9 nitrogen and oxygen atoms in total. The van der Waals surface area contributed by atoms with Gasteiger partial charge in [-0.15, -0.1) is 11.3 Å². The molecule has 6 rings (SSSR count). The fraction of sp³-hybridized carbons (Fsp3) is 0.321. The lowest BCUT2D eigenvalue weighted by atomic mass is 9.96. The van der Waals surface area contributed by atoms with Crippen LogP contribution in [0, 0.1) is 17.6 Å². The number of aromatic nitrogens is 3. The second kappa shape index (κ2) is 11.0. The molecule has 2 saturated carbocycles. The summed E-state index contributed by atoms with van der Waals surface area (Å²) in [5, 5.41) is 21.2. The van der Waals surface area contributed by atoms with E-state index < -0.39 is 32.5 Å². The Kier molecular flexibility index (Phi) is 7.70. The van der Waals surface area contributed by atoms with Crippen LogP contribution in [0.2, 0.25) is 0 Å². The Morgan fingerprint density at radius 3 is 2.49 bits per heavy atom. The van der Waals surface area contributed by atoms with Crippen LogP contribution in [0.3, 0.4) is 0 Å². The minimum atomic E-state index is -4.24. The number of aromatic carboxylic acids is 1. The molecule has 0 amide bonds. The lowest BCUT2D eigenvalue weighted by molar-refractivity contribution is 0.0691. The Morgan fingerprint density at radius 2 is 1.88 bits per heavy atom. The summed E-state index contributed by atoms with van der Waals surface area (Å²) >= 11 is 1.13. The number of halogens is 2. The number of ether oxygens (including phenoxy) is 1. The van der Waals surface area contributed by atoms with Crippen molar-refractivity contribution in [1.82, 2.24) is 14.8 Å². The Bertz CT molecular complexity index is 1740. The van der Waals surface area contributed by atoms with Gasteiger partial charge in [0.25, 0.3) is 0 Å². The Balaban J connectivity index is 0.00000337. The molecule has 216 valence electrons. The van der Waals surface area contributed by atoms with Gasteiger partial charge >= 0.3 is 5.97 Å². The van der Waals surface area contributed by atoms with Crippen molar-refractivity contribution < 1.29 is 31.8 Å². The predicted octanol–water partition coefficient (Wildman–Crippen LogP) is 5.34. The van der Waals surface area contributed by atoms with Crippen LogP contribution in [0.15, 0.2) is 46.7 Å². The summed E-state index contributed by atoms with van der Waals surface area (Å²) < 4.78 is 60.2. The molecule has 2 aliphatic rings. The maximum atomic E-state index is 14.8. The van der Waals surface area contributed by atoms with Crippen molar-refractivity contribution in [3.63, 3.8) is 0 Å². The zero-order chi connectivity index (χ0) is 28.2. The monoisotopic (exact) mass is 602 g/mol. The van der Waals surface area contributed by atoms with E-state index in [2.05, 4.69) is 4.98 Å². The summed E-state index contributed by atoms with van der Waals surface area (Å²) in [7, 11) is -4.24. The number of rotatable bonds is 10. The van der Waals surface area contributed by atoms with Crippen LogP contribution in [0.4, 0.5) is 8.78 Å². The molecular weight excluding hydrogens is 574 g/mol. The number of carboxylic acids is 1. The maximum Gasteiger partial charge on any atom is 0.355 e. The summed E-state index contributed by atoms with van der Waals surface area (Å²) in [6.07, 6.45) is 4.51. The summed E-state index contributed by atoms with van der Waals surface area (Å²) in [6, 6.07) is 8.22. The second-order valence-electron chi connectivity index (χ2n) is 10.1. The fourth-order valence-electron chi connectivity index (χ4n) is 4.52. The molecule has 3 N–H and O–H groups in total. The fourth-order valence-corrected chi connectivity index (χ4v) is 5.88. The van der Waals surface area contributed by atoms with Gasteiger partial charge in [-0.05, 0) is 73.9 Å². The predicted molar refractivity (Wildman–Crippen MR) is 149 cm³/mol. The zero-order valence-corrected chi connectivity index (χ0v) is 22.6. The van der Waals surface area contributed by atoms with E-state index in [1.54, 1.807) is 16.8 Å². The summed E-state index contributed by atoms with van der Waals surface area (Å²) in [5.74, 6) is -2.13. The second-order valence-corrected chi connectivity index (χ2v) is 12.5. The van der Waals surface area contributed by atoms with Crippen LogP contribution in [-0.4, -0.2) is 40.4 Å². The molecule has 0 unspecified atom stereocenters. The standard InChI is InChI=1S/C27H24F2N4O5S2.CH4/c28-19-7-4-16(12-23(19)38-17-5-6-17)25-18(9-15-3-8-24(20(29)10-15)40(30,36)37)22(11-14-1-2-14)33(32-25)27-31-21(13-39-27)26(34)35;/h3-4,7-8,10,12-14,17H,1-2,5-6,9,11H2,(H,34,35)(H2,30,36,37);1H4.